The Morgan fingerprint density at radius 3 is 2.18 bits per heavy atom. The van der Waals surface area contributed by atoms with Crippen LogP contribution in [0.25, 0.3) is 0 Å². The van der Waals surface area contributed by atoms with Gasteiger partial charge in [-0.1, -0.05) is 30.3 Å². The Morgan fingerprint density at radius 1 is 1.14 bits per heavy atom. The summed E-state index contributed by atoms with van der Waals surface area (Å²) in [5.74, 6) is -2.90. The van der Waals surface area contributed by atoms with Gasteiger partial charge in [-0.3, -0.25) is 14.5 Å². The van der Waals surface area contributed by atoms with E-state index in [1.54, 1.807) is 38.4 Å². The molecular formula is C15H20N2O5. The van der Waals surface area contributed by atoms with Crippen molar-refractivity contribution >= 4 is 17.8 Å². The third-order valence-electron chi connectivity index (χ3n) is 3.19. The third-order valence-corrected chi connectivity index (χ3v) is 3.19. The van der Waals surface area contributed by atoms with Crippen molar-refractivity contribution in [1.82, 2.24) is 10.2 Å². The third kappa shape index (κ3) is 5.53. The van der Waals surface area contributed by atoms with E-state index in [0.717, 1.165) is 5.56 Å². The summed E-state index contributed by atoms with van der Waals surface area (Å²) in [6.45, 7) is 0. The molecule has 1 aromatic rings. The lowest BCUT2D eigenvalue weighted by Crippen LogP contribution is -2.51. The highest BCUT2D eigenvalue weighted by Crippen LogP contribution is 2.06. The van der Waals surface area contributed by atoms with Crippen LogP contribution in [0.2, 0.25) is 0 Å². The normalized spacial score (nSPS) is 13.4. The smallest absolute Gasteiger partial charge is 0.326 e. The molecule has 0 saturated heterocycles. The molecule has 0 aliphatic carbocycles. The van der Waals surface area contributed by atoms with Crippen LogP contribution < -0.4 is 5.32 Å². The standard InChI is InChI=1S/C15H20N2O5/c1-17(2)12(9-13(18)19)14(20)16-11(15(21)22)8-10-6-4-3-5-7-10/h3-7,11-12H,8-9H2,1-2H3,(H,16,20)(H,18,19)(H,21,22)/t11-,12-/m0/s1. The van der Waals surface area contributed by atoms with Gasteiger partial charge in [0.25, 0.3) is 0 Å². The number of carboxylic acids is 2. The molecular weight excluding hydrogens is 288 g/mol. The van der Waals surface area contributed by atoms with E-state index in [2.05, 4.69) is 5.32 Å². The molecule has 1 rings (SSSR count). The zero-order chi connectivity index (χ0) is 16.7. The van der Waals surface area contributed by atoms with Crippen LogP contribution in [0, 0.1) is 0 Å². The molecule has 0 aliphatic rings. The number of benzene rings is 1. The highest BCUT2D eigenvalue weighted by molar-refractivity contribution is 5.89. The van der Waals surface area contributed by atoms with Crippen LogP contribution in [0.1, 0.15) is 12.0 Å². The van der Waals surface area contributed by atoms with Crippen LogP contribution in [-0.2, 0) is 20.8 Å². The maximum atomic E-state index is 12.1. The first kappa shape index (κ1) is 17.6. The van der Waals surface area contributed by atoms with E-state index >= 15 is 0 Å². The Morgan fingerprint density at radius 2 is 1.73 bits per heavy atom. The highest BCUT2D eigenvalue weighted by Gasteiger charge is 2.28. The first-order chi connectivity index (χ1) is 10.3. The van der Waals surface area contributed by atoms with Crippen molar-refractivity contribution in [2.75, 3.05) is 14.1 Å². The molecule has 1 aromatic carbocycles. The van der Waals surface area contributed by atoms with Crippen LogP contribution in [-0.4, -0.2) is 59.1 Å². The number of carbonyl (C=O) groups is 3. The predicted octanol–water partition coefficient (Wildman–Crippen LogP) is 0.203. The second-order valence-electron chi connectivity index (χ2n) is 5.17. The summed E-state index contributed by atoms with van der Waals surface area (Å²) >= 11 is 0. The number of carboxylic acid groups (broad SMARTS) is 2. The minimum absolute atomic E-state index is 0.134. The summed E-state index contributed by atoms with van der Waals surface area (Å²) in [6, 6.07) is 6.88. The van der Waals surface area contributed by atoms with E-state index in [-0.39, 0.29) is 6.42 Å². The lowest BCUT2D eigenvalue weighted by atomic mass is 10.0. The molecule has 2 atom stereocenters. The van der Waals surface area contributed by atoms with E-state index in [1.165, 1.54) is 4.90 Å². The number of carbonyl (C=O) groups excluding carboxylic acids is 1. The molecule has 120 valence electrons. The Balaban J connectivity index is 2.78. The van der Waals surface area contributed by atoms with Crippen LogP contribution in [0.4, 0.5) is 0 Å². The average molecular weight is 308 g/mol. The van der Waals surface area contributed by atoms with Crippen LogP contribution in [0.15, 0.2) is 30.3 Å². The summed E-state index contributed by atoms with van der Waals surface area (Å²) in [5, 5.41) is 20.5. The van der Waals surface area contributed by atoms with Crippen LogP contribution >= 0.6 is 0 Å². The van der Waals surface area contributed by atoms with Gasteiger partial charge in [-0.2, -0.15) is 0 Å². The zero-order valence-corrected chi connectivity index (χ0v) is 12.5. The molecule has 0 aromatic heterocycles. The van der Waals surface area contributed by atoms with Gasteiger partial charge < -0.3 is 15.5 Å². The van der Waals surface area contributed by atoms with Gasteiger partial charge in [0.1, 0.15) is 6.04 Å². The van der Waals surface area contributed by atoms with Gasteiger partial charge in [0.05, 0.1) is 12.5 Å². The molecule has 0 aliphatic heterocycles. The fourth-order valence-electron chi connectivity index (χ4n) is 1.99. The van der Waals surface area contributed by atoms with Gasteiger partial charge in [-0.25, -0.2) is 4.79 Å². The molecule has 0 radical (unpaired) electrons. The maximum absolute atomic E-state index is 12.1. The fraction of sp³-hybridized carbons (Fsp3) is 0.400. The van der Waals surface area contributed by atoms with Crippen molar-refractivity contribution in [1.29, 1.82) is 0 Å². The number of nitrogens with one attached hydrogen (secondary N) is 1. The number of likely N-dealkylation sites (N-methyl/N-ethyl adjacent to an activating group) is 1. The lowest BCUT2D eigenvalue weighted by Gasteiger charge is -2.24. The second-order valence-corrected chi connectivity index (χ2v) is 5.17. The van der Waals surface area contributed by atoms with E-state index in [1.807, 2.05) is 6.07 Å². The molecule has 0 bridgehead atoms. The second kappa shape index (κ2) is 8.14. The number of hydrogen-bond acceptors (Lipinski definition) is 4. The largest absolute Gasteiger partial charge is 0.481 e. The molecule has 0 spiro atoms. The first-order valence-electron chi connectivity index (χ1n) is 6.76. The monoisotopic (exact) mass is 308 g/mol. The van der Waals surface area contributed by atoms with Crippen molar-refractivity contribution in [3.8, 4) is 0 Å². The molecule has 22 heavy (non-hydrogen) atoms. The number of aliphatic carboxylic acids is 2. The minimum atomic E-state index is -1.16. The molecule has 1 amide bonds. The summed E-state index contributed by atoms with van der Waals surface area (Å²) in [5.41, 5.74) is 0.773. The van der Waals surface area contributed by atoms with Crippen molar-refractivity contribution in [3.05, 3.63) is 35.9 Å². The van der Waals surface area contributed by atoms with Gasteiger partial charge in [0.15, 0.2) is 0 Å². The Bertz CT molecular complexity index is 530. The zero-order valence-electron chi connectivity index (χ0n) is 12.5. The SMILES string of the molecule is CN(C)[C@@H](CC(=O)O)C(=O)N[C@@H](Cc1ccccc1)C(=O)O. The van der Waals surface area contributed by atoms with Crippen molar-refractivity contribution < 1.29 is 24.6 Å². The average Bonchev–Trinajstić information content (AvgIpc) is 2.44. The number of nitrogens with zero attached hydrogens (tertiary/aromatic N) is 1. The van der Waals surface area contributed by atoms with Gasteiger partial charge in [-0.15, -0.1) is 0 Å². The first-order valence-corrected chi connectivity index (χ1v) is 6.76. The molecule has 3 N–H and O–H groups in total. The van der Waals surface area contributed by atoms with Gasteiger partial charge in [0, 0.05) is 6.42 Å². The maximum Gasteiger partial charge on any atom is 0.326 e. The van der Waals surface area contributed by atoms with Gasteiger partial charge >= 0.3 is 11.9 Å². The highest BCUT2D eigenvalue weighted by atomic mass is 16.4. The summed E-state index contributed by atoms with van der Waals surface area (Å²) in [7, 11) is 3.14. The molecule has 0 heterocycles. The summed E-state index contributed by atoms with van der Waals surface area (Å²) < 4.78 is 0. The molecule has 7 heteroatoms. The Kier molecular flexibility index (Phi) is 6.52. The van der Waals surface area contributed by atoms with Crippen molar-refractivity contribution in [2.24, 2.45) is 0 Å². The molecule has 0 fully saturated rings. The van der Waals surface area contributed by atoms with E-state index in [0.29, 0.717) is 0 Å². The number of rotatable bonds is 8. The quantitative estimate of drug-likeness (QED) is 0.633. The van der Waals surface area contributed by atoms with Crippen molar-refractivity contribution in [2.45, 2.75) is 24.9 Å². The minimum Gasteiger partial charge on any atom is -0.481 e. The topological polar surface area (TPSA) is 107 Å². The lowest BCUT2D eigenvalue weighted by molar-refractivity contribution is -0.144. The molecule has 7 nitrogen and oxygen atoms in total. The predicted molar refractivity (Wildman–Crippen MR) is 79.4 cm³/mol. The van der Waals surface area contributed by atoms with Crippen LogP contribution in [0.5, 0.6) is 0 Å². The van der Waals surface area contributed by atoms with Gasteiger partial charge in [-0.05, 0) is 19.7 Å². The van der Waals surface area contributed by atoms with E-state index < -0.39 is 36.4 Å². The van der Waals surface area contributed by atoms with Crippen LogP contribution in [0.3, 0.4) is 0 Å². The van der Waals surface area contributed by atoms with Crippen molar-refractivity contribution in [3.63, 3.8) is 0 Å². The Hall–Kier alpha value is -2.41. The van der Waals surface area contributed by atoms with Gasteiger partial charge in [0.2, 0.25) is 5.91 Å². The number of hydrogen-bond donors (Lipinski definition) is 3. The molecule has 0 saturated carbocycles. The summed E-state index contributed by atoms with van der Waals surface area (Å²) in [4.78, 5) is 35.7. The number of amides is 1. The Labute approximate surface area is 128 Å². The van der Waals surface area contributed by atoms with E-state index in [9.17, 15) is 19.5 Å². The fourth-order valence-corrected chi connectivity index (χ4v) is 1.99. The summed E-state index contributed by atoms with van der Waals surface area (Å²) in [6.07, 6.45) is -0.258. The molecule has 0 unspecified atom stereocenters. The van der Waals surface area contributed by atoms with E-state index in [4.69, 9.17) is 5.11 Å².